The van der Waals surface area contributed by atoms with Crippen molar-refractivity contribution in [1.82, 2.24) is 4.98 Å². The third-order valence-corrected chi connectivity index (χ3v) is 3.98. The van der Waals surface area contributed by atoms with E-state index in [9.17, 15) is 4.79 Å². The minimum Gasteiger partial charge on any atom is -0.477 e. The fourth-order valence-electron chi connectivity index (χ4n) is 2.11. The molecule has 1 heterocycles. The maximum absolute atomic E-state index is 11.0. The highest BCUT2D eigenvalue weighted by Gasteiger charge is 2.25. The van der Waals surface area contributed by atoms with Gasteiger partial charge in [0.1, 0.15) is 4.88 Å². The van der Waals surface area contributed by atoms with Crippen molar-refractivity contribution in [2.24, 2.45) is 0 Å². The van der Waals surface area contributed by atoms with Gasteiger partial charge in [-0.25, -0.2) is 9.78 Å². The van der Waals surface area contributed by atoms with Gasteiger partial charge in [0.05, 0.1) is 5.69 Å². The van der Waals surface area contributed by atoms with Gasteiger partial charge in [0, 0.05) is 5.92 Å². The van der Waals surface area contributed by atoms with Gasteiger partial charge in [-0.3, -0.25) is 0 Å². The number of nitrogens with zero attached hydrogens (tertiary/aromatic N) is 1. The van der Waals surface area contributed by atoms with E-state index in [1.165, 1.54) is 19.3 Å². The van der Waals surface area contributed by atoms with Crippen molar-refractivity contribution < 1.29 is 9.90 Å². The van der Waals surface area contributed by atoms with Gasteiger partial charge in [0.2, 0.25) is 0 Å². The average Bonchev–Trinajstić information content (AvgIpc) is 2.62. The molecule has 0 spiro atoms. The Bertz CT molecular complexity index is 371. The molecule has 82 valence electrons. The minimum absolute atomic E-state index is 0.300. The summed E-state index contributed by atoms with van der Waals surface area (Å²) in [5.41, 5.74) is 0.706. The first-order valence-electron chi connectivity index (χ1n) is 5.08. The summed E-state index contributed by atoms with van der Waals surface area (Å²) < 4.78 is 0.341. The monoisotopic (exact) mass is 245 g/mol. The molecule has 0 saturated heterocycles. The molecule has 1 fully saturated rings. The van der Waals surface area contributed by atoms with Gasteiger partial charge in [-0.05, 0) is 12.8 Å². The predicted molar refractivity (Wildman–Crippen MR) is 59.9 cm³/mol. The van der Waals surface area contributed by atoms with Crippen molar-refractivity contribution >= 4 is 28.9 Å². The largest absolute Gasteiger partial charge is 0.477 e. The molecule has 0 amide bonds. The van der Waals surface area contributed by atoms with Crippen LogP contribution < -0.4 is 0 Å². The number of aromatic nitrogens is 1. The van der Waals surface area contributed by atoms with E-state index in [0.717, 1.165) is 24.2 Å². The fourth-order valence-corrected chi connectivity index (χ4v) is 3.15. The minimum atomic E-state index is -0.903. The summed E-state index contributed by atoms with van der Waals surface area (Å²) in [4.78, 5) is 15.5. The molecule has 2 rings (SSSR count). The number of hydrogen-bond acceptors (Lipinski definition) is 3. The van der Waals surface area contributed by atoms with Crippen LogP contribution in [0.1, 0.15) is 53.4 Å². The molecule has 5 heteroatoms. The van der Waals surface area contributed by atoms with Crippen LogP contribution in [0.2, 0.25) is 4.47 Å². The Kier molecular flexibility index (Phi) is 3.26. The van der Waals surface area contributed by atoms with Crippen molar-refractivity contribution in [2.45, 2.75) is 38.0 Å². The number of carboxylic acid groups (broad SMARTS) is 1. The Morgan fingerprint density at radius 1 is 1.40 bits per heavy atom. The third-order valence-electron chi connectivity index (χ3n) is 2.81. The summed E-state index contributed by atoms with van der Waals surface area (Å²) >= 11 is 6.84. The van der Waals surface area contributed by atoms with Gasteiger partial charge in [-0.1, -0.05) is 42.2 Å². The summed E-state index contributed by atoms with van der Waals surface area (Å²) in [7, 11) is 0. The van der Waals surface area contributed by atoms with Crippen LogP contribution in [0.4, 0.5) is 0 Å². The highest BCUT2D eigenvalue weighted by molar-refractivity contribution is 7.17. The Morgan fingerprint density at radius 3 is 2.67 bits per heavy atom. The molecule has 1 N–H and O–H groups in total. The highest BCUT2D eigenvalue weighted by atomic mass is 35.5. The molecule has 1 saturated carbocycles. The van der Waals surface area contributed by atoms with Crippen LogP contribution in [0.25, 0.3) is 0 Å². The predicted octanol–water partition coefficient (Wildman–Crippen LogP) is 3.54. The second-order valence-electron chi connectivity index (χ2n) is 3.82. The zero-order chi connectivity index (χ0) is 10.8. The summed E-state index contributed by atoms with van der Waals surface area (Å²) in [5, 5.41) is 9.02. The number of carboxylic acids is 1. The van der Waals surface area contributed by atoms with Crippen LogP contribution in [0.3, 0.4) is 0 Å². The summed E-state index contributed by atoms with van der Waals surface area (Å²) in [5.74, 6) is -0.603. The summed E-state index contributed by atoms with van der Waals surface area (Å²) in [6, 6.07) is 0. The van der Waals surface area contributed by atoms with Crippen molar-refractivity contribution in [3.05, 3.63) is 15.0 Å². The molecular weight excluding hydrogens is 234 g/mol. The zero-order valence-electron chi connectivity index (χ0n) is 8.20. The summed E-state index contributed by atoms with van der Waals surface area (Å²) in [6.07, 6.45) is 5.66. The molecule has 1 aromatic heterocycles. The molecule has 0 aromatic carbocycles. The van der Waals surface area contributed by atoms with Gasteiger partial charge in [-0.2, -0.15) is 0 Å². The topological polar surface area (TPSA) is 50.2 Å². The van der Waals surface area contributed by atoms with E-state index in [4.69, 9.17) is 16.7 Å². The van der Waals surface area contributed by atoms with Crippen molar-refractivity contribution in [3.63, 3.8) is 0 Å². The third kappa shape index (κ3) is 2.32. The van der Waals surface area contributed by atoms with Gasteiger partial charge in [0.25, 0.3) is 0 Å². The molecule has 0 unspecified atom stereocenters. The second-order valence-corrected chi connectivity index (χ2v) is 5.40. The number of hydrogen-bond donors (Lipinski definition) is 1. The maximum atomic E-state index is 11.0. The Balaban J connectivity index is 2.28. The van der Waals surface area contributed by atoms with Gasteiger partial charge in [0.15, 0.2) is 4.47 Å². The first-order chi connectivity index (χ1) is 7.18. The van der Waals surface area contributed by atoms with Gasteiger partial charge >= 0.3 is 5.97 Å². The van der Waals surface area contributed by atoms with E-state index in [0.29, 0.717) is 21.0 Å². The van der Waals surface area contributed by atoms with E-state index >= 15 is 0 Å². The second kappa shape index (κ2) is 4.49. The van der Waals surface area contributed by atoms with Crippen LogP contribution in [-0.2, 0) is 0 Å². The smallest absolute Gasteiger partial charge is 0.347 e. The Labute approximate surface area is 97.1 Å². The molecule has 3 nitrogen and oxygen atoms in total. The Morgan fingerprint density at radius 2 is 2.07 bits per heavy atom. The lowest BCUT2D eigenvalue weighted by atomic mass is 9.86. The van der Waals surface area contributed by atoms with Crippen LogP contribution >= 0.6 is 22.9 Å². The number of rotatable bonds is 2. The lowest BCUT2D eigenvalue weighted by Crippen LogP contribution is -2.09. The number of halogens is 1. The normalized spacial score (nSPS) is 17.9. The molecule has 15 heavy (non-hydrogen) atoms. The van der Waals surface area contributed by atoms with Crippen molar-refractivity contribution in [1.29, 1.82) is 0 Å². The Hall–Kier alpha value is -0.610. The molecular formula is C10H12ClNO2S. The maximum Gasteiger partial charge on any atom is 0.347 e. The fraction of sp³-hybridized carbons (Fsp3) is 0.600. The molecule has 0 atom stereocenters. The van der Waals surface area contributed by atoms with Gasteiger partial charge < -0.3 is 5.11 Å². The zero-order valence-corrected chi connectivity index (χ0v) is 9.77. The first-order valence-corrected chi connectivity index (χ1v) is 6.27. The van der Waals surface area contributed by atoms with E-state index < -0.39 is 5.97 Å². The first kappa shape index (κ1) is 10.9. The quantitative estimate of drug-likeness (QED) is 0.867. The van der Waals surface area contributed by atoms with Crippen LogP contribution in [-0.4, -0.2) is 16.1 Å². The number of thiazole rings is 1. The van der Waals surface area contributed by atoms with Crippen LogP contribution in [0.5, 0.6) is 0 Å². The average molecular weight is 246 g/mol. The molecule has 0 radical (unpaired) electrons. The van der Waals surface area contributed by atoms with E-state index in [-0.39, 0.29) is 0 Å². The van der Waals surface area contributed by atoms with E-state index in [1.807, 2.05) is 0 Å². The van der Waals surface area contributed by atoms with Crippen LogP contribution in [0, 0.1) is 0 Å². The lowest BCUT2D eigenvalue weighted by molar-refractivity contribution is 0.0700. The van der Waals surface area contributed by atoms with Crippen molar-refractivity contribution in [2.75, 3.05) is 0 Å². The molecule has 1 aliphatic rings. The van der Waals surface area contributed by atoms with Crippen molar-refractivity contribution in [3.8, 4) is 0 Å². The number of aromatic carboxylic acids is 1. The van der Waals surface area contributed by atoms with Crippen LogP contribution in [0.15, 0.2) is 0 Å². The molecule has 0 aliphatic heterocycles. The number of carbonyl (C=O) groups is 1. The van der Waals surface area contributed by atoms with E-state index in [2.05, 4.69) is 4.98 Å². The summed E-state index contributed by atoms with van der Waals surface area (Å²) in [6.45, 7) is 0. The van der Waals surface area contributed by atoms with Gasteiger partial charge in [-0.15, -0.1) is 0 Å². The SMILES string of the molecule is O=C(O)c1sc(Cl)nc1C1CCCCC1. The standard InChI is InChI=1S/C10H12ClNO2S/c11-10-12-7(8(15-10)9(13)14)6-4-2-1-3-5-6/h6H,1-5H2,(H,13,14). The van der Waals surface area contributed by atoms with E-state index in [1.54, 1.807) is 0 Å². The molecule has 1 aromatic rings. The highest BCUT2D eigenvalue weighted by Crippen LogP contribution is 2.36. The molecule has 1 aliphatic carbocycles. The lowest BCUT2D eigenvalue weighted by Gasteiger charge is -2.20. The molecule has 0 bridgehead atoms.